The van der Waals surface area contributed by atoms with Gasteiger partial charge in [0.15, 0.2) is 0 Å². The molecule has 4 rings (SSSR count). The molecule has 0 N–H and O–H groups in total. The third-order valence-electron chi connectivity index (χ3n) is 4.82. The predicted molar refractivity (Wildman–Crippen MR) is 118 cm³/mol. The van der Waals surface area contributed by atoms with E-state index >= 15 is 0 Å². The number of nitro benzene ring substituents is 1. The predicted octanol–water partition coefficient (Wildman–Crippen LogP) is 5.39. The highest BCUT2D eigenvalue weighted by Gasteiger charge is 2.15. The van der Waals surface area contributed by atoms with Crippen LogP contribution in [0.25, 0.3) is 11.0 Å². The van der Waals surface area contributed by atoms with E-state index in [1.807, 2.05) is 0 Å². The number of aryl methyl sites for hydroxylation is 1. The van der Waals surface area contributed by atoms with Crippen molar-refractivity contribution < 1.29 is 23.6 Å². The summed E-state index contributed by atoms with van der Waals surface area (Å²) < 4.78 is 22.5. The summed E-state index contributed by atoms with van der Waals surface area (Å²) in [6, 6.07) is 17.9. The van der Waals surface area contributed by atoms with E-state index in [0.29, 0.717) is 34.0 Å². The van der Waals surface area contributed by atoms with Crippen molar-refractivity contribution in [1.29, 1.82) is 0 Å². The van der Waals surface area contributed by atoms with Gasteiger partial charge in [0.05, 0.1) is 17.4 Å². The smallest absolute Gasteiger partial charge is 0.269 e. The monoisotopic (exact) mass is 433 g/mol. The number of nitrogens with zero attached hydrogens (tertiary/aromatic N) is 1. The molecule has 3 aromatic carbocycles. The van der Waals surface area contributed by atoms with Crippen LogP contribution in [0.2, 0.25) is 0 Å². The summed E-state index contributed by atoms with van der Waals surface area (Å²) in [5, 5.41) is 11.1. The lowest BCUT2D eigenvalue weighted by atomic mass is 10.2. The minimum Gasteiger partial charge on any atom is -0.497 e. The fourth-order valence-corrected chi connectivity index (χ4v) is 3.12. The van der Waals surface area contributed by atoms with Crippen LogP contribution in [0.15, 0.2) is 75.9 Å². The van der Waals surface area contributed by atoms with Gasteiger partial charge in [0.1, 0.15) is 35.2 Å². The fourth-order valence-electron chi connectivity index (χ4n) is 3.12. The quantitative estimate of drug-likeness (QED) is 0.284. The molecule has 0 atom stereocenters. The molecule has 1 heterocycles. The molecule has 32 heavy (non-hydrogen) atoms. The van der Waals surface area contributed by atoms with E-state index in [9.17, 15) is 14.9 Å². The second-order valence-electron chi connectivity index (χ2n) is 6.96. The van der Waals surface area contributed by atoms with Crippen LogP contribution in [0.3, 0.4) is 0 Å². The molecule has 4 aromatic rings. The number of hydrogen-bond donors (Lipinski definition) is 0. The van der Waals surface area contributed by atoms with Crippen LogP contribution in [0.4, 0.5) is 5.69 Å². The van der Waals surface area contributed by atoms with E-state index in [1.54, 1.807) is 68.6 Å². The Morgan fingerprint density at radius 1 is 0.938 bits per heavy atom. The largest absolute Gasteiger partial charge is 0.497 e. The maximum atomic E-state index is 12.9. The van der Waals surface area contributed by atoms with E-state index in [4.69, 9.17) is 18.6 Å². The summed E-state index contributed by atoms with van der Waals surface area (Å²) in [6.45, 7) is 1.87. The van der Waals surface area contributed by atoms with Gasteiger partial charge in [-0.15, -0.1) is 0 Å². The molecular weight excluding hydrogens is 414 g/mol. The summed E-state index contributed by atoms with van der Waals surface area (Å²) in [5.41, 5.74) is 0.873. The molecule has 0 saturated carbocycles. The number of fused-ring (bicyclic) bond motifs is 1. The second-order valence-corrected chi connectivity index (χ2v) is 6.96. The minimum absolute atomic E-state index is 0.0179. The summed E-state index contributed by atoms with van der Waals surface area (Å²) in [4.78, 5) is 23.2. The molecule has 0 radical (unpaired) electrons. The van der Waals surface area contributed by atoms with Crippen LogP contribution in [0.1, 0.15) is 11.3 Å². The van der Waals surface area contributed by atoms with Gasteiger partial charge < -0.3 is 18.6 Å². The maximum absolute atomic E-state index is 12.9. The van der Waals surface area contributed by atoms with Crippen LogP contribution in [-0.2, 0) is 6.61 Å². The van der Waals surface area contributed by atoms with Crippen molar-refractivity contribution in [2.75, 3.05) is 7.11 Å². The van der Waals surface area contributed by atoms with Crippen molar-refractivity contribution in [1.82, 2.24) is 0 Å². The summed E-state index contributed by atoms with van der Waals surface area (Å²) >= 11 is 0. The zero-order valence-corrected chi connectivity index (χ0v) is 17.4. The molecule has 0 spiro atoms. The van der Waals surface area contributed by atoms with Crippen LogP contribution in [0.5, 0.6) is 23.0 Å². The Bertz CT molecular complexity index is 1330. The van der Waals surface area contributed by atoms with Crippen molar-refractivity contribution in [2.24, 2.45) is 0 Å². The number of methoxy groups -OCH3 is 1. The molecule has 0 bridgehead atoms. The van der Waals surface area contributed by atoms with Gasteiger partial charge in [-0.1, -0.05) is 0 Å². The van der Waals surface area contributed by atoms with Crippen molar-refractivity contribution in [3.8, 4) is 23.0 Å². The SMILES string of the molecule is COc1ccc(Oc2c(C)oc3cc(OCc4ccc([N+](=O)[O-])cc4)ccc3c2=O)cc1. The number of benzene rings is 3. The molecule has 8 nitrogen and oxygen atoms in total. The standard InChI is InChI=1S/C24H19NO7/c1-15-24(32-19-9-7-18(29-2)8-10-19)23(26)21-12-11-20(13-22(21)31-15)30-14-16-3-5-17(6-4-16)25(27)28/h3-13H,14H2,1-2H3. The first-order valence-electron chi connectivity index (χ1n) is 9.70. The van der Waals surface area contributed by atoms with Crippen LogP contribution < -0.4 is 19.6 Å². The Morgan fingerprint density at radius 3 is 2.25 bits per heavy atom. The van der Waals surface area contributed by atoms with E-state index in [-0.39, 0.29) is 23.5 Å². The lowest BCUT2D eigenvalue weighted by Gasteiger charge is -2.11. The summed E-state index contributed by atoms with van der Waals surface area (Å²) in [6.07, 6.45) is 0. The summed E-state index contributed by atoms with van der Waals surface area (Å²) in [7, 11) is 1.57. The first-order valence-corrected chi connectivity index (χ1v) is 9.70. The minimum atomic E-state index is -0.453. The molecular formula is C24H19NO7. The van der Waals surface area contributed by atoms with Crippen molar-refractivity contribution in [2.45, 2.75) is 13.5 Å². The molecule has 162 valence electrons. The molecule has 0 aliphatic rings. The Morgan fingerprint density at radius 2 is 1.59 bits per heavy atom. The van der Waals surface area contributed by atoms with Crippen LogP contribution in [0, 0.1) is 17.0 Å². The van der Waals surface area contributed by atoms with E-state index in [2.05, 4.69) is 0 Å². The van der Waals surface area contributed by atoms with Crippen LogP contribution in [-0.4, -0.2) is 12.0 Å². The number of non-ortho nitro benzene ring substituents is 1. The molecule has 1 aromatic heterocycles. The lowest BCUT2D eigenvalue weighted by molar-refractivity contribution is -0.384. The third kappa shape index (κ3) is 4.39. The van der Waals surface area contributed by atoms with Crippen molar-refractivity contribution in [3.05, 3.63) is 98.4 Å². The first-order chi connectivity index (χ1) is 15.4. The first kappa shape index (κ1) is 20.9. The highest BCUT2D eigenvalue weighted by molar-refractivity contribution is 5.79. The average molecular weight is 433 g/mol. The molecule has 0 fully saturated rings. The van der Waals surface area contributed by atoms with Crippen molar-refractivity contribution in [3.63, 3.8) is 0 Å². The fraction of sp³-hybridized carbons (Fsp3) is 0.125. The molecule has 0 unspecified atom stereocenters. The Hall–Kier alpha value is -4.33. The molecule has 0 saturated heterocycles. The van der Waals surface area contributed by atoms with Gasteiger partial charge in [-0.2, -0.15) is 0 Å². The molecule has 0 amide bonds. The van der Waals surface area contributed by atoms with E-state index in [1.165, 1.54) is 12.1 Å². The normalized spacial score (nSPS) is 10.7. The van der Waals surface area contributed by atoms with Gasteiger partial charge in [-0.3, -0.25) is 14.9 Å². The van der Waals surface area contributed by atoms with Gasteiger partial charge in [0.2, 0.25) is 11.2 Å². The van der Waals surface area contributed by atoms with Gasteiger partial charge in [0.25, 0.3) is 5.69 Å². The lowest BCUT2D eigenvalue weighted by Crippen LogP contribution is -2.07. The molecule has 0 aliphatic heterocycles. The number of rotatable bonds is 7. The van der Waals surface area contributed by atoms with Crippen molar-refractivity contribution >= 4 is 16.7 Å². The molecule has 0 aliphatic carbocycles. The number of ether oxygens (including phenoxy) is 3. The Kier molecular flexibility index (Phi) is 5.76. The number of nitro groups is 1. The molecule has 8 heteroatoms. The maximum Gasteiger partial charge on any atom is 0.269 e. The van der Waals surface area contributed by atoms with E-state index < -0.39 is 4.92 Å². The van der Waals surface area contributed by atoms with Gasteiger partial charge in [0, 0.05) is 18.2 Å². The zero-order chi connectivity index (χ0) is 22.7. The highest BCUT2D eigenvalue weighted by Crippen LogP contribution is 2.28. The Balaban J connectivity index is 1.54. The third-order valence-corrected chi connectivity index (χ3v) is 4.82. The topological polar surface area (TPSA) is 101 Å². The second kappa shape index (κ2) is 8.81. The van der Waals surface area contributed by atoms with Crippen LogP contribution >= 0.6 is 0 Å². The van der Waals surface area contributed by atoms with Gasteiger partial charge in [-0.05, 0) is 61.0 Å². The Labute approximate surface area is 182 Å². The van der Waals surface area contributed by atoms with Gasteiger partial charge >= 0.3 is 0 Å². The highest BCUT2D eigenvalue weighted by atomic mass is 16.6. The average Bonchev–Trinajstić information content (AvgIpc) is 2.81. The number of hydrogen-bond acceptors (Lipinski definition) is 7. The zero-order valence-electron chi connectivity index (χ0n) is 17.4. The van der Waals surface area contributed by atoms with E-state index in [0.717, 1.165) is 5.56 Å². The summed E-state index contributed by atoms with van der Waals surface area (Å²) in [5.74, 6) is 2.12. The van der Waals surface area contributed by atoms with Gasteiger partial charge in [-0.25, -0.2) is 0 Å².